The Bertz CT molecular complexity index is 1440. The molecule has 0 unspecified atom stereocenters. The van der Waals surface area contributed by atoms with E-state index in [-0.39, 0.29) is 20.8 Å². The number of nitrogens with one attached hydrogen (secondary N) is 1. The molecule has 0 spiro atoms. The first-order valence-corrected chi connectivity index (χ1v) is 12.3. The van der Waals surface area contributed by atoms with Gasteiger partial charge in [-0.15, -0.1) is 0 Å². The Morgan fingerprint density at radius 1 is 0.906 bits per heavy atom. The van der Waals surface area contributed by atoms with E-state index in [0.29, 0.717) is 23.4 Å². The van der Waals surface area contributed by atoms with E-state index < -0.39 is 10.0 Å². The fourth-order valence-corrected chi connectivity index (χ4v) is 5.63. The van der Waals surface area contributed by atoms with Gasteiger partial charge in [0.15, 0.2) is 11.6 Å². The fraction of sp³-hybridized carbons (Fsp3) is 0.130. The molecule has 3 aromatic carbocycles. The van der Waals surface area contributed by atoms with Gasteiger partial charge in [-0.2, -0.15) is 0 Å². The maximum absolute atomic E-state index is 13.3. The molecule has 0 saturated carbocycles. The minimum atomic E-state index is -4.07. The zero-order valence-corrected chi connectivity index (χ0v) is 19.1. The average molecular weight is 485 g/mol. The van der Waals surface area contributed by atoms with Crippen LogP contribution in [-0.4, -0.2) is 24.9 Å². The number of fused-ring (bicyclic) bond motifs is 2. The zero-order chi connectivity index (χ0) is 22.3. The number of sulfonamides is 1. The first-order valence-electron chi connectivity index (χ1n) is 10.0. The largest absolute Gasteiger partial charge is 0.323 e. The van der Waals surface area contributed by atoms with Gasteiger partial charge in [0.25, 0.3) is 10.0 Å². The molecule has 6 nitrogen and oxygen atoms in total. The highest BCUT2D eigenvalue weighted by Crippen LogP contribution is 2.37. The van der Waals surface area contributed by atoms with Crippen LogP contribution in [0, 0.1) is 0 Å². The first kappa shape index (κ1) is 21.0. The molecule has 162 valence electrons. The Kier molecular flexibility index (Phi) is 5.41. The second kappa shape index (κ2) is 8.24. The number of anilines is 3. The minimum Gasteiger partial charge on any atom is -0.323 e. The van der Waals surface area contributed by atoms with Crippen molar-refractivity contribution in [2.24, 2.45) is 0 Å². The Morgan fingerprint density at radius 3 is 2.44 bits per heavy atom. The van der Waals surface area contributed by atoms with Crippen LogP contribution in [0.5, 0.6) is 0 Å². The van der Waals surface area contributed by atoms with Crippen LogP contribution in [0.2, 0.25) is 10.0 Å². The van der Waals surface area contributed by atoms with Crippen LogP contribution in [0.1, 0.15) is 12.0 Å². The zero-order valence-electron chi connectivity index (χ0n) is 16.8. The Labute approximate surface area is 195 Å². The molecule has 9 heteroatoms. The highest BCUT2D eigenvalue weighted by Gasteiger charge is 2.27. The van der Waals surface area contributed by atoms with Crippen LogP contribution in [0.25, 0.3) is 11.0 Å². The summed E-state index contributed by atoms with van der Waals surface area (Å²) in [7, 11) is -4.07. The summed E-state index contributed by atoms with van der Waals surface area (Å²) in [5.41, 5.74) is 3.43. The second-order valence-electron chi connectivity index (χ2n) is 7.45. The lowest BCUT2D eigenvalue weighted by Crippen LogP contribution is -2.27. The maximum atomic E-state index is 13.3. The van der Waals surface area contributed by atoms with Crippen molar-refractivity contribution in [3.05, 3.63) is 82.3 Å². The molecular formula is C23H18Cl2N4O2S. The van der Waals surface area contributed by atoms with Gasteiger partial charge in [-0.1, -0.05) is 53.5 Å². The van der Waals surface area contributed by atoms with Crippen LogP contribution >= 0.6 is 23.2 Å². The molecule has 2 heterocycles. The predicted octanol–water partition coefficient (Wildman–Crippen LogP) is 5.82. The van der Waals surface area contributed by atoms with Crippen LogP contribution in [0.4, 0.5) is 17.3 Å². The van der Waals surface area contributed by atoms with Gasteiger partial charge in [0.05, 0.1) is 16.1 Å². The van der Waals surface area contributed by atoms with Gasteiger partial charge in [0, 0.05) is 17.3 Å². The summed E-state index contributed by atoms with van der Waals surface area (Å²) < 4.78 is 29.1. The van der Waals surface area contributed by atoms with E-state index in [1.807, 2.05) is 41.3 Å². The third-order valence-corrected chi connectivity index (χ3v) is 7.39. The lowest BCUT2D eigenvalue weighted by Gasteiger charge is -2.31. The molecule has 5 rings (SSSR count). The fourth-order valence-electron chi connectivity index (χ4n) is 3.87. The van der Waals surface area contributed by atoms with Crippen LogP contribution in [-0.2, 0) is 16.4 Å². The monoisotopic (exact) mass is 484 g/mol. The smallest absolute Gasteiger partial charge is 0.264 e. The molecule has 0 atom stereocenters. The van der Waals surface area contributed by atoms with Crippen LogP contribution in [0.15, 0.2) is 71.6 Å². The van der Waals surface area contributed by atoms with Gasteiger partial charge in [-0.3, -0.25) is 4.72 Å². The molecule has 0 saturated heterocycles. The molecule has 1 aliphatic rings. The number of benzene rings is 3. The van der Waals surface area contributed by atoms with E-state index in [9.17, 15) is 8.42 Å². The summed E-state index contributed by atoms with van der Waals surface area (Å²) in [4.78, 5) is 11.3. The van der Waals surface area contributed by atoms with Gasteiger partial charge in [0.2, 0.25) is 0 Å². The minimum absolute atomic E-state index is 0.0699. The number of aryl methyl sites for hydroxylation is 1. The lowest BCUT2D eigenvalue weighted by atomic mass is 10.0. The first-order chi connectivity index (χ1) is 15.4. The summed E-state index contributed by atoms with van der Waals surface area (Å²) in [5, 5.41) is 0.338. The van der Waals surface area contributed by atoms with E-state index in [2.05, 4.69) is 15.8 Å². The lowest BCUT2D eigenvalue weighted by molar-refractivity contribution is 0.601. The molecule has 4 aromatic rings. The van der Waals surface area contributed by atoms with E-state index in [0.717, 1.165) is 18.5 Å². The van der Waals surface area contributed by atoms with Gasteiger partial charge < -0.3 is 4.90 Å². The Morgan fingerprint density at radius 2 is 1.62 bits per heavy atom. The van der Waals surface area contributed by atoms with Crippen molar-refractivity contribution in [1.82, 2.24) is 9.97 Å². The van der Waals surface area contributed by atoms with Crippen molar-refractivity contribution >= 4 is 61.6 Å². The topological polar surface area (TPSA) is 75.2 Å². The molecule has 1 aromatic heterocycles. The number of hydrogen-bond donors (Lipinski definition) is 1. The number of rotatable bonds is 4. The van der Waals surface area contributed by atoms with E-state index in [1.54, 1.807) is 6.07 Å². The Balaban J connectivity index is 1.67. The van der Waals surface area contributed by atoms with Crippen molar-refractivity contribution < 1.29 is 8.42 Å². The number of aromatic nitrogens is 2. The molecule has 32 heavy (non-hydrogen) atoms. The summed E-state index contributed by atoms with van der Waals surface area (Å²) in [6, 6.07) is 19.7. The van der Waals surface area contributed by atoms with Crippen LogP contribution in [0.3, 0.4) is 0 Å². The van der Waals surface area contributed by atoms with Crippen molar-refractivity contribution in [3.63, 3.8) is 0 Å². The third kappa shape index (κ3) is 3.88. The number of para-hydroxylation sites is 3. The number of halogens is 2. The van der Waals surface area contributed by atoms with E-state index >= 15 is 0 Å². The van der Waals surface area contributed by atoms with Gasteiger partial charge >= 0.3 is 0 Å². The molecule has 0 bridgehead atoms. The van der Waals surface area contributed by atoms with Gasteiger partial charge in [-0.05, 0) is 54.8 Å². The van der Waals surface area contributed by atoms with Crippen LogP contribution < -0.4 is 9.62 Å². The summed E-state index contributed by atoms with van der Waals surface area (Å²) in [6.07, 6.45) is 1.87. The van der Waals surface area contributed by atoms with Gasteiger partial charge in [0.1, 0.15) is 4.90 Å². The SMILES string of the molecule is O=S(=O)(Nc1nc2ccccc2nc1N1CCCc2ccccc21)c1cc(Cl)ccc1Cl. The molecule has 0 fully saturated rings. The Hall–Kier alpha value is -2.87. The van der Waals surface area contributed by atoms with Crippen molar-refractivity contribution in [2.75, 3.05) is 16.2 Å². The normalized spacial score (nSPS) is 13.8. The van der Waals surface area contributed by atoms with E-state index in [1.165, 1.54) is 23.8 Å². The summed E-state index contributed by atoms with van der Waals surface area (Å²) in [5.74, 6) is 0.578. The predicted molar refractivity (Wildman–Crippen MR) is 129 cm³/mol. The maximum Gasteiger partial charge on any atom is 0.264 e. The number of nitrogens with zero attached hydrogens (tertiary/aromatic N) is 3. The number of hydrogen-bond acceptors (Lipinski definition) is 5. The highest BCUT2D eigenvalue weighted by molar-refractivity contribution is 7.92. The molecule has 0 amide bonds. The standard InChI is InChI=1S/C23H18Cl2N4O2S/c24-16-11-12-17(25)21(14-16)32(30,31)28-22-23(27-19-9-3-2-8-18(19)26-22)29-13-5-7-15-6-1-4-10-20(15)29/h1-4,6,8-12,14H,5,7,13H2,(H,26,28). The third-order valence-electron chi connectivity index (χ3n) is 5.33. The van der Waals surface area contributed by atoms with Gasteiger partial charge in [-0.25, -0.2) is 18.4 Å². The average Bonchev–Trinajstić information content (AvgIpc) is 2.79. The summed E-state index contributed by atoms with van der Waals surface area (Å²) in [6.45, 7) is 0.691. The molecule has 0 radical (unpaired) electrons. The summed E-state index contributed by atoms with van der Waals surface area (Å²) >= 11 is 12.2. The highest BCUT2D eigenvalue weighted by atomic mass is 35.5. The molecular weight excluding hydrogens is 467 g/mol. The molecule has 0 aliphatic carbocycles. The second-order valence-corrected chi connectivity index (χ2v) is 9.94. The van der Waals surface area contributed by atoms with Crippen molar-refractivity contribution in [2.45, 2.75) is 17.7 Å². The van der Waals surface area contributed by atoms with Crippen molar-refractivity contribution in [3.8, 4) is 0 Å². The quantitative estimate of drug-likeness (QED) is 0.394. The van der Waals surface area contributed by atoms with Crippen molar-refractivity contribution in [1.29, 1.82) is 0 Å². The molecule has 1 aliphatic heterocycles. The van der Waals surface area contributed by atoms with E-state index in [4.69, 9.17) is 28.2 Å². The molecule has 1 N–H and O–H groups in total.